The molecular weight excluding hydrogens is 1470 g/mol. The molecule has 0 unspecified atom stereocenters. The first kappa shape index (κ1) is 76.9. The Morgan fingerprint density at radius 3 is 0.680 bits per heavy atom. The molecule has 0 heteroatoms. The molecule has 0 aromatic heterocycles. The molecule has 0 aliphatic carbocycles. The van der Waals surface area contributed by atoms with Crippen molar-refractivity contribution in [3.8, 4) is 77.9 Å². The fourth-order valence-corrected chi connectivity index (χ4v) is 19.0. The lowest BCUT2D eigenvalue weighted by Crippen LogP contribution is -1.91. The molecule has 23 aromatic rings. The van der Waals surface area contributed by atoms with Crippen molar-refractivity contribution in [1.82, 2.24) is 0 Å². The molecule has 122 heavy (non-hydrogen) atoms. The Kier molecular flexibility index (Phi) is 21.5. The molecule has 0 saturated heterocycles. The number of fused-ring (bicyclic) bond motifs is 11. The number of benzene rings is 23. The van der Waals surface area contributed by atoms with Gasteiger partial charge in [-0.05, 0) is 278 Å². The Balaban J connectivity index is 0.000000101. The smallest absolute Gasteiger partial charge is 0.00204 e. The molecule has 0 bridgehead atoms. The van der Waals surface area contributed by atoms with Crippen molar-refractivity contribution < 1.29 is 0 Å². The minimum Gasteiger partial charge on any atom is -0.0622 e. The van der Waals surface area contributed by atoms with Gasteiger partial charge in [0.05, 0.1) is 0 Å². The largest absolute Gasteiger partial charge is 0.0622 e. The van der Waals surface area contributed by atoms with Gasteiger partial charge in [-0.15, -0.1) is 0 Å². The molecule has 0 aliphatic heterocycles. The van der Waals surface area contributed by atoms with E-state index in [1.165, 1.54) is 230 Å². The molecule has 23 aromatic carbocycles. The number of hydrogen-bond acceptors (Lipinski definition) is 0. The van der Waals surface area contributed by atoms with Crippen LogP contribution in [0.4, 0.5) is 0 Å². The van der Waals surface area contributed by atoms with Crippen LogP contribution in [-0.2, 0) is 0 Å². The fourth-order valence-electron chi connectivity index (χ4n) is 19.0. The summed E-state index contributed by atoms with van der Waals surface area (Å²) in [6.07, 6.45) is 0. The minimum absolute atomic E-state index is 1.25. The standard InChI is InChI=1S/2C27H20.C25H18.C22H18.C21H16/c1-19-21-13-5-8-16-24(21)27(25-17-9-6-14-22(19)25)26-18-10-7-15-23(26)20-11-3-2-4-12-20;1-19-23-14-5-7-16-25(23)27(26-17-8-6-15-24(19)26)22-13-9-12-21(18-22)20-10-3-2-4-11-20;1-17-21-10-4-6-12-23(21)25(24-13-7-5-11-22(17)24)20-15-14-18-8-2-3-9-19(18)16-20;1-15-11-13-17(14-12-15)22-20-9-5-3-7-18(20)16(2)19-8-4-6-10-21(19)22;1-15-17-11-5-7-13-19(17)21(16-9-3-2-4-10-16)20-14-8-6-12-18(15)20/h2*2-18H,1H3;2-16H,1H3;3-14H,1-2H3;2-14H,1H3. The van der Waals surface area contributed by atoms with E-state index in [0.29, 0.717) is 0 Å². The molecule has 0 atom stereocenters. The Hall–Kier alpha value is -15.1. The van der Waals surface area contributed by atoms with E-state index in [1.54, 1.807) is 0 Å². The molecule has 23 rings (SSSR count). The van der Waals surface area contributed by atoms with E-state index in [0.717, 1.165) is 0 Å². The van der Waals surface area contributed by atoms with Crippen LogP contribution in [0, 0.1) is 41.5 Å². The van der Waals surface area contributed by atoms with Crippen LogP contribution in [0.1, 0.15) is 33.4 Å². The predicted molar refractivity (Wildman–Crippen MR) is 531 cm³/mol. The second-order valence-electron chi connectivity index (χ2n) is 32.1. The molecule has 0 nitrogen and oxygen atoms in total. The first-order valence-corrected chi connectivity index (χ1v) is 42.5. The van der Waals surface area contributed by atoms with Crippen molar-refractivity contribution in [2.24, 2.45) is 0 Å². The summed E-state index contributed by atoms with van der Waals surface area (Å²) in [5.74, 6) is 0. The predicted octanol–water partition coefficient (Wildman–Crippen LogP) is 34.6. The zero-order chi connectivity index (χ0) is 82.6. The molecule has 0 radical (unpaired) electrons. The van der Waals surface area contributed by atoms with Crippen molar-refractivity contribution in [3.63, 3.8) is 0 Å². The summed E-state index contributed by atoms with van der Waals surface area (Å²) in [5, 5.41) is 29.2. The van der Waals surface area contributed by atoms with Crippen LogP contribution in [0.25, 0.3) is 196 Å². The van der Waals surface area contributed by atoms with Gasteiger partial charge in [0.1, 0.15) is 0 Å². The van der Waals surface area contributed by atoms with Crippen molar-refractivity contribution in [2.45, 2.75) is 41.5 Å². The monoisotopic (exact) mass is 1560 g/mol. The summed E-state index contributed by atoms with van der Waals surface area (Å²) in [6.45, 7) is 13.3. The van der Waals surface area contributed by atoms with Crippen molar-refractivity contribution in [1.29, 1.82) is 0 Å². The molecule has 0 spiro atoms. The first-order valence-electron chi connectivity index (χ1n) is 42.5. The zero-order valence-electron chi connectivity index (χ0n) is 69.7. The summed E-state index contributed by atoms with van der Waals surface area (Å²) in [4.78, 5) is 0. The van der Waals surface area contributed by atoms with Gasteiger partial charge in [0.2, 0.25) is 0 Å². The Bertz CT molecular complexity index is 7560. The normalized spacial score (nSPS) is 11.2. The van der Waals surface area contributed by atoms with E-state index in [-0.39, 0.29) is 0 Å². The minimum atomic E-state index is 1.25. The molecule has 0 heterocycles. The van der Waals surface area contributed by atoms with E-state index in [2.05, 4.69) is 490 Å². The Morgan fingerprint density at radius 2 is 0.336 bits per heavy atom. The highest BCUT2D eigenvalue weighted by molar-refractivity contribution is 6.20. The third kappa shape index (κ3) is 14.7. The number of aryl methyl sites for hydroxylation is 6. The zero-order valence-corrected chi connectivity index (χ0v) is 69.7. The average Bonchev–Trinajstić information content (AvgIpc) is 0.775. The van der Waals surface area contributed by atoms with Gasteiger partial charge < -0.3 is 0 Å². The highest BCUT2D eigenvalue weighted by Crippen LogP contribution is 2.47. The molecular formula is C122H92. The maximum absolute atomic E-state index is 2.32. The van der Waals surface area contributed by atoms with Gasteiger partial charge in [-0.1, -0.05) is 442 Å². The van der Waals surface area contributed by atoms with Gasteiger partial charge in [0.15, 0.2) is 0 Å². The van der Waals surface area contributed by atoms with E-state index < -0.39 is 0 Å². The second kappa shape index (κ2) is 34.1. The van der Waals surface area contributed by atoms with Crippen LogP contribution in [0.3, 0.4) is 0 Å². The maximum Gasteiger partial charge on any atom is -0.00204 e. The van der Waals surface area contributed by atoms with Crippen LogP contribution >= 0.6 is 0 Å². The molecule has 580 valence electrons. The van der Waals surface area contributed by atoms with Gasteiger partial charge in [0, 0.05) is 0 Å². The third-order valence-electron chi connectivity index (χ3n) is 25.0. The van der Waals surface area contributed by atoms with Crippen LogP contribution in [-0.4, -0.2) is 0 Å². The summed E-state index contributed by atoms with van der Waals surface area (Å²) in [7, 11) is 0. The Morgan fingerprint density at radius 1 is 0.115 bits per heavy atom. The van der Waals surface area contributed by atoms with Crippen molar-refractivity contribution in [2.75, 3.05) is 0 Å². The van der Waals surface area contributed by atoms with Crippen molar-refractivity contribution >= 4 is 118 Å². The van der Waals surface area contributed by atoms with Crippen LogP contribution < -0.4 is 0 Å². The highest BCUT2D eigenvalue weighted by atomic mass is 14.2. The van der Waals surface area contributed by atoms with E-state index in [1.807, 2.05) is 0 Å². The lowest BCUT2D eigenvalue weighted by atomic mass is 9.86. The Labute approximate surface area is 715 Å². The van der Waals surface area contributed by atoms with E-state index in [9.17, 15) is 0 Å². The summed E-state index contributed by atoms with van der Waals surface area (Å²) in [6, 6.07) is 161. The molecule has 0 fully saturated rings. The summed E-state index contributed by atoms with van der Waals surface area (Å²) >= 11 is 0. The fraction of sp³-hybridized carbons (Fsp3) is 0.0492. The van der Waals surface area contributed by atoms with Gasteiger partial charge in [-0.2, -0.15) is 0 Å². The van der Waals surface area contributed by atoms with Gasteiger partial charge in [0.25, 0.3) is 0 Å². The quantitative estimate of drug-likeness (QED) is 0.140. The van der Waals surface area contributed by atoms with Crippen LogP contribution in [0.15, 0.2) is 449 Å². The second-order valence-corrected chi connectivity index (χ2v) is 32.1. The van der Waals surface area contributed by atoms with E-state index >= 15 is 0 Å². The lowest BCUT2D eigenvalue weighted by molar-refractivity contribution is 1.47. The first-order chi connectivity index (χ1) is 60.1. The highest BCUT2D eigenvalue weighted by Gasteiger charge is 2.20. The van der Waals surface area contributed by atoms with Crippen LogP contribution in [0.5, 0.6) is 0 Å². The number of rotatable bonds is 7. The van der Waals surface area contributed by atoms with Crippen LogP contribution in [0.2, 0.25) is 0 Å². The summed E-state index contributed by atoms with van der Waals surface area (Å²) in [5.41, 5.74) is 26.2. The third-order valence-corrected chi connectivity index (χ3v) is 25.0. The van der Waals surface area contributed by atoms with E-state index in [4.69, 9.17) is 0 Å². The van der Waals surface area contributed by atoms with Gasteiger partial charge in [-0.25, -0.2) is 0 Å². The maximum atomic E-state index is 2.32. The van der Waals surface area contributed by atoms with Gasteiger partial charge >= 0.3 is 0 Å². The topological polar surface area (TPSA) is 0 Å². The van der Waals surface area contributed by atoms with Gasteiger partial charge in [-0.3, -0.25) is 0 Å². The lowest BCUT2D eigenvalue weighted by Gasteiger charge is -2.18. The molecule has 0 N–H and O–H groups in total. The van der Waals surface area contributed by atoms with Crippen molar-refractivity contribution in [3.05, 3.63) is 482 Å². The average molecular weight is 1560 g/mol. The molecule has 0 amide bonds. The molecule has 0 aliphatic rings. The summed E-state index contributed by atoms with van der Waals surface area (Å²) < 4.78 is 0. The number of hydrogen-bond donors (Lipinski definition) is 0. The molecule has 0 saturated carbocycles. The SMILES string of the molecule is Cc1c2ccccc2c(-c2ccc3ccccc3c2)c2ccccc12.Cc1c2ccccc2c(-c2cccc(-c3ccccc3)c2)c2ccccc12.Cc1c2ccccc2c(-c2ccccc2)c2ccccc12.Cc1c2ccccc2c(-c2ccccc2-c2ccccc2)c2ccccc12.Cc1ccc(-c2c3ccccc3c(C)c3ccccc23)cc1.